The monoisotopic (exact) mass is 218 g/mol. The molecule has 0 aliphatic heterocycles. The number of hydrogen-bond donors (Lipinski definition) is 2. The van der Waals surface area contributed by atoms with Crippen molar-refractivity contribution in [2.45, 2.75) is 18.0 Å². The molecule has 1 atom stereocenters. The third kappa shape index (κ3) is 1.94. The second kappa shape index (κ2) is 4.07. The number of aromatic nitrogens is 2. The summed E-state index contributed by atoms with van der Waals surface area (Å²) in [7, 11) is -1.98. The zero-order valence-electron chi connectivity index (χ0n) is 8.14. The highest BCUT2D eigenvalue weighted by Gasteiger charge is 2.25. The summed E-state index contributed by atoms with van der Waals surface area (Å²) in [5.74, 6) is 0. The first-order valence-electron chi connectivity index (χ1n) is 4.16. The molecule has 0 bridgehead atoms. The van der Waals surface area contributed by atoms with Crippen LogP contribution >= 0.6 is 0 Å². The molecular formula is C7H14N4O2S. The third-order valence-corrected chi connectivity index (χ3v) is 3.99. The fourth-order valence-corrected chi connectivity index (χ4v) is 2.19. The summed E-state index contributed by atoms with van der Waals surface area (Å²) in [5.41, 5.74) is 5.39. The Hall–Kier alpha value is -0.920. The van der Waals surface area contributed by atoms with E-state index in [4.69, 9.17) is 5.73 Å². The lowest BCUT2D eigenvalue weighted by Gasteiger charge is -2.21. The first-order chi connectivity index (χ1) is 6.50. The molecule has 80 valence electrons. The predicted molar refractivity (Wildman–Crippen MR) is 52.1 cm³/mol. The molecule has 0 aromatic carbocycles. The summed E-state index contributed by atoms with van der Waals surface area (Å²) in [6.45, 7) is 2.03. The molecule has 0 saturated heterocycles. The molecule has 1 aromatic heterocycles. The Labute approximate surface area is 83.2 Å². The highest BCUT2D eigenvalue weighted by atomic mass is 32.2. The van der Waals surface area contributed by atoms with Gasteiger partial charge < -0.3 is 10.7 Å². The van der Waals surface area contributed by atoms with Crippen molar-refractivity contribution in [1.29, 1.82) is 0 Å². The van der Waals surface area contributed by atoms with Crippen LogP contribution in [0.5, 0.6) is 0 Å². The molecule has 0 radical (unpaired) electrons. The molecule has 1 rings (SSSR count). The van der Waals surface area contributed by atoms with Gasteiger partial charge in [-0.05, 0) is 6.92 Å². The lowest BCUT2D eigenvalue weighted by atomic mass is 10.4. The van der Waals surface area contributed by atoms with Crippen molar-refractivity contribution in [3.63, 3.8) is 0 Å². The van der Waals surface area contributed by atoms with Crippen molar-refractivity contribution in [1.82, 2.24) is 14.3 Å². The van der Waals surface area contributed by atoms with Crippen LogP contribution in [0.2, 0.25) is 0 Å². The molecule has 0 amide bonds. The Balaban J connectivity index is 2.97. The van der Waals surface area contributed by atoms with Crippen molar-refractivity contribution in [3.05, 3.63) is 12.5 Å². The molecule has 7 heteroatoms. The Morgan fingerprint density at radius 3 is 2.79 bits per heavy atom. The van der Waals surface area contributed by atoms with Crippen LogP contribution in [-0.2, 0) is 10.0 Å². The molecule has 6 nitrogen and oxygen atoms in total. The maximum absolute atomic E-state index is 11.8. The zero-order chi connectivity index (χ0) is 10.8. The molecule has 0 aliphatic carbocycles. The van der Waals surface area contributed by atoms with E-state index in [2.05, 4.69) is 9.97 Å². The van der Waals surface area contributed by atoms with Gasteiger partial charge in [0.15, 0.2) is 5.03 Å². The predicted octanol–water partition coefficient (Wildman–Crippen LogP) is -0.623. The standard InChI is InChI=1S/C7H14N4O2S/c1-6(3-8)11(2)14(12,13)7-4-9-5-10-7/h4-6H,3,8H2,1-2H3,(H,9,10). The average Bonchev–Trinajstić information content (AvgIpc) is 2.68. The van der Waals surface area contributed by atoms with Gasteiger partial charge in [-0.1, -0.05) is 0 Å². The SMILES string of the molecule is CC(CN)N(C)S(=O)(=O)c1cnc[nH]1. The van der Waals surface area contributed by atoms with E-state index in [1.807, 2.05) is 0 Å². The van der Waals surface area contributed by atoms with Gasteiger partial charge in [0.1, 0.15) is 0 Å². The van der Waals surface area contributed by atoms with Gasteiger partial charge in [0.2, 0.25) is 0 Å². The van der Waals surface area contributed by atoms with Gasteiger partial charge in [0.25, 0.3) is 10.0 Å². The summed E-state index contributed by atoms with van der Waals surface area (Å²) < 4.78 is 24.8. The first-order valence-corrected chi connectivity index (χ1v) is 5.60. The fraction of sp³-hybridized carbons (Fsp3) is 0.571. The smallest absolute Gasteiger partial charge is 0.260 e. The second-order valence-electron chi connectivity index (χ2n) is 3.02. The number of nitrogens with zero attached hydrogens (tertiary/aromatic N) is 2. The minimum atomic E-state index is -3.47. The number of H-pyrrole nitrogens is 1. The lowest BCUT2D eigenvalue weighted by molar-refractivity contribution is 0.393. The number of nitrogens with one attached hydrogen (secondary N) is 1. The minimum absolute atomic E-state index is 0.0836. The average molecular weight is 218 g/mol. The van der Waals surface area contributed by atoms with E-state index in [0.29, 0.717) is 0 Å². The van der Waals surface area contributed by atoms with Crippen LogP contribution in [0.25, 0.3) is 0 Å². The van der Waals surface area contributed by atoms with Crippen molar-refractivity contribution in [2.24, 2.45) is 5.73 Å². The Morgan fingerprint density at radius 1 is 1.71 bits per heavy atom. The number of hydrogen-bond acceptors (Lipinski definition) is 4. The summed E-state index contributed by atoms with van der Waals surface area (Å²) in [5, 5.41) is 0.0836. The zero-order valence-corrected chi connectivity index (χ0v) is 8.95. The van der Waals surface area contributed by atoms with Crippen molar-refractivity contribution >= 4 is 10.0 Å². The van der Waals surface area contributed by atoms with E-state index >= 15 is 0 Å². The maximum atomic E-state index is 11.8. The second-order valence-corrected chi connectivity index (χ2v) is 4.99. The number of likely N-dealkylation sites (N-methyl/N-ethyl adjacent to an activating group) is 1. The quantitative estimate of drug-likeness (QED) is 0.704. The molecule has 1 aromatic rings. The Bertz CT molecular complexity index is 372. The van der Waals surface area contributed by atoms with Gasteiger partial charge in [0, 0.05) is 19.6 Å². The Kier molecular flexibility index (Phi) is 3.25. The van der Waals surface area contributed by atoms with Gasteiger partial charge in [-0.2, -0.15) is 4.31 Å². The number of imidazole rings is 1. The molecule has 3 N–H and O–H groups in total. The van der Waals surface area contributed by atoms with Gasteiger partial charge in [0.05, 0.1) is 12.5 Å². The van der Waals surface area contributed by atoms with Gasteiger partial charge in [-0.25, -0.2) is 13.4 Å². The molecule has 0 fully saturated rings. The van der Waals surface area contributed by atoms with Crippen LogP contribution in [0.4, 0.5) is 0 Å². The summed E-state index contributed by atoms with van der Waals surface area (Å²) >= 11 is 0. The molecule has 1 heterocycles. The topological polar surface area (TPSA) is 92.1 Å². The Morgan fingerprint density at radius 2 is 2.36 bits per heavy atom. The largest absolute Gasteiger partial charge is 0.335 e. The van der Waals surface area contributed by atoms with Crippen molar-refractivity contribution in [3.8, 4) is 0 Å². The lowest BCUT2D eigenvalue weighted by Crippen LogP contribution is -2.39. The van der Waals surface area contributed by atoms with Gasteiger partial charge >= 0.3 is 0 Å². The summed E-state index contributed by atoms with van der Waals surface area (Å²) in [6, 6.07) is -0.233. The normalized spacial score (nSPS) is 14.6. The number of aromatic amines is 1. The molecule has 0 aliphatic rings. The highest BCUT2D eigenvalue weighted by molar-refractivity contribution is 7.89. The van der Waals surface area contributed by atoms with Gasteiger partial charge in [-0.15, -0.1) is 0 Å². The van der Waals surface area contributed by atoms with E-state index in [9.17, 15) is 8.42 Å². The molecule has 0 spiro atoms. The number of sulfonamides is 1. The van der Waals surface area contributed by atoms with E-state index in [1.165, 1.54) is 23.9 Å². The van der Waals surface area contributed by atoms with Crippen LogP contribution in [0.15, 0.2) is 17.6 Å². The summed E-state index contributed by atoms with van der Waals surface area (Å²) in [6.07, 6.45) is 2.60. The summed E-state index contributed by atoms with van der Waals surface area (Å²) in [4.78, 5) is 6.22. The highest BCUT2D eigenvalue weighted by Crippen LogP contribution is 2.12. The van der Waals surface area contributed by atoms with E-state index < -0.39 is 10.0 Å². The van der Waals surface area contributed by atoms with E-state index in [1.54, 1.807) is 6.92 Å². The van der Waals surface area contributed by atoms with Crippen LogP contribution in [-0.4, -0.2) is 42.3 Å². The molecule has 0 saturated carbocycles. The molecule has 1 unspecified atom stereocenters. The fourth-order valence-electron chi connectivity index (χ4n) is 0.925. The molecule has 14 heavy (non-hydrogen) atoms. The van der Waals surface area contributed by atoms with Crippen molar-refractivity contribution < 1.29 is 8.42 Å². The minimum Gasteiger partial charge on any atom is -0.335 e. The van der Waals surface area contributed by atoms with E-state index in [-0.39, 0.29) is 17.6 Å². The van der Waals surface area contributed by atoms with Crippen LogP contribution < -0.4 is 5.73 Å². The molecular weight excluding hydrogens is 204 g/mol. The van der Waals surface area contributed by atoms with Crippen LogP contribution in [0.1, 0.15) is 6.92 Å². The van der Waals surface area contributed by atoms with Crippen molar-refractivity contribution in [2.75, 3.05) is 13.6 Å². The van der Waals surface area contributed by atoms with E-state index in [0.717, 1.165) is 0 Å². The van der Waals surface area contributed by atoms with Crippen LogP contribution in [0.3, 0.4) is 0 Å². The van der Waals surface area contributed by atoms with Gasteiger partial charge in [-0.3, -0.25) is 0 Å². The number of rotatable bonds is 4. The third-order valence-electron chi connectivity index (χ3n) is 2.09. The first kappa shape index (κ1) is 11.2. The number of nitrogens with two attached hydrogens (primary N) is 1. The van der Waals surface area contributed by atoms with Crippen LogP contribution in [0, 0.1) is 0 Å². The maximum Gasteiger partial charge on any atom is 0.260 e.